The SMILES string of the molecule is O=Cc1oc(CO)c2c1O2. The number of rotatable bonds is 2. The average Bonchev–Trinajstić information content (AvgIpc) is 2.67. The van der Waals surface area contributed by atoms with Gasteiger partial charge in [-0.15, -0.1) is 0 Å². The summed E-state index contributed by atoms with van der Waals surface area (Å²) in [6, 6.07) is 0. The summed E-state index contributed by atoms with van der Waals surface area (Å²) in [5.41, 5.74) is 0. The molecule has 2 rings (SSSR count). The first-order valence-electron chi connectivity index (χ1n) is 2.76. The van der Waals surface area contributed by atoms with Gasteiger partial charge in [-0.3, -0.25) is 4.79 Å². The van der Waals surface area contributed by atoms with Crippen LogP contribution in [0.1, 0.15) is 16.3 Å². The molecule has 0 saturated heterocycles. The first kappa shape index (κ1) is 5.49. The number of aldehydes is 1. The smallest absolute Gasteiger partial charge is 0.219 e. The highest BCUT2D eigenvalue weighted by Crippen LogP contribution is 2.52. The maximum Gasteiger partial charge on any atom is 0.219 e. The topological polar surface area (TPSA) is 63.0 Å². The van der Waals surface area contributed by atoms with Crippen molar-refractivity contribution in [3.63, 3.8) is 0 Å². The van der Waals surface area contributed by atoms with E-state index in [2.05, 4.69) is 0 Å². The monoisotopic (exact) mass is 140 g/mol. The maximum atomic E-state index is 10.1. The minimum absolute atomic E-state index is 0.166. The minimum Gasteiger partial charge on any atom is -0.448 e. The van der Waals surface area contributed by atoms with E-state index < -0.39 is 0 Å². The third-order valence-electron chi connectivity index (χ3n) is 1.33. The summed E-state index contributed by atoms with van der Waals surface area (Å²) in [7, 11) is 0. The van der Waals surface area contributed by atoms with Crippen LogP contribution in [0.5, 0.6) is 11.5 Å². The number of aliphatic hydroxyl groups excluding tert-OH is 1. The standard InChI is InChI=1S/C6H4O4/c7-1-3-5-6(10-5)4(2-8)9-3/h1,8H,2H2. The Balaban J connectivity index is 2.49. The van der Waals surface area contributed by atoms with Crippen LogP contribution in [-0.4, -0.2) is 11.4 Å². The fraction of sp³-hybridized carbons (Fsp3) is 0.167. The van der Waals surface area contributed by atoms with Crippen molar-refractivity contribution in [3.8, 4) is 11.5 Å². The number of hydrogen-bond acceptors (Lipinski definition) is 4. The van der Waals surface area contributed by atoms with Crippen molar-refractivity contribution in [2.75, 3.05) is 0 Å². The summed E-state index contributed by atoms with van der Waals surface area (Å²) in [4.78, 5) is 10.1. The van der Waals surface area contributed by atoms with Gasteiger partial charge in [0, 0.05) is 0 Å². The highest BCUT2D eigenvalue weighted by molar-refractivity contribution is 5.82. The van der Waals surface area contributed by atoms with Crippen LogP contribution in [0, 0.1) is 0 Å². The van der Waals surface area contributed by atoms with Crippen LogP contribution in [0.3, 0.4) is 0 Å². The molecule has 0 unspecified atom stereocenters. The molecule has 4 heteroatoms. The zero-order valence-electron chi connectivity index (χ0n) is 4.96. The van der Waals surface area contributed by atoms with Gasteiger partial charge in [0.25, 0.3) is 0 Å². The van der Waals surface area contributed by atoms with E-state index in [1.807, 2.05) is 0 Å². The first-order chi connectivity index (χ1) is 4.86. The first-order valence-corrected chi connectivity index (χ1v) is 2.76. The number of aliphatic hydroxyl groups is 1. The van der Waals surface area contributed by atoms with Crippen molar-refractivity contribution in [3.05, 3.63) is 11.5 Å². The van der Waals surface area contributed by atoms with Crippen LogP contribution in [-0.2, 0) is 6.61 Å². The highest BCUT2D eigenvalue weighted by atomic mass is 16.6. The molecule has 1 aromatic heterocycles. The molecule has 0 fully saturated rings. The van der Waals surface area contributed by atoms with Gasteiger partial charge >= 0.3 is 0 Å². The molecule has 0 aromatic carbocycles. The van der Waals surface area contributed by atoms with Crippen LogP contribution in [0.25, 0.3) is 0 Å². The molecule has 10 heavy (non-hydrogen) atoms. The van der Waals surface area contributed by atoms with Crippen LogP contribution in [0.2, 0.25) is 0 Å². The lowest BCUT2D eigenvalue weighted by Crippen LogP contribution is -1.80. The highest BCUT2D eigenvalue weighted by Gasteiger charge is 2.34. The normalized spacial score (nSPS) is 12.1. The molecule has 0 amide bonds. The van der Waals surface area contributed by atoms with E-state index in [1.54, 1.807) is 0 Å². The lowest BCUT2D eigenvalue weighted by molar-refractivity contribution is 0.109. The van der Waals surface area contributed by atoms with Gasteiger partial charge in [-0.05, 0) is 0 Å². The lowest BCUT2D eigenvalue weighted by Gasteiger charge is -1.87. The number of carbonyl (C=O) groups is 1. The van der Waals surface area contributed by atoms with Gasteiger partial charge in [0.15, 0.2) is 12.0 Å². The van der Waals surface area contributed by atoms with E-state index in [0.717, 1.165) is 0 Å². The Morgan fingerprint density at radius 3 is 2.70 bits per heavy atom. The molecular formula is C6H4O4. The van der Waals surface area contributed by atoms with Gasteiger partial charge in [-0.2, -0.15) is 0 Å². The number of hydrogen-bond donors (Lipinski definition) is 1. The largest absolute Gasteiger partial charge is 0.448 e. The molecule has 1 aliphatic heterocycles. The lowest BCUT2D eigenvalue weighted by atomic mass is 10.4. The van der Waals surface area contributed by atoms with Gasteiger partial charge in [0.2, 0.25) is 17.3 Å². The third kappa shape index (κ3) is 0.510. The molecule has 0 saturated carbocycles. The zero-order chi connectivity index (χ0) is 7.14. The minimum atomic E-state index is -0.226. The summed E-state index contributed by atoms with van der Waals surface area (Å²) in [6.07, 6.45) is 0.561. The molecular weight excluding hydrogens is 136 g/mol. The Kier molecular flexibility index (Phi) is 0.881. The summed E-state index contributed by atoms with van der Waals surface area (Å²) in [5, 5.41) is 8.57. The molecule has 52 valence electrons. The van der Waals surface area contributed by atoms with Gasteiger partial charge in [-0.1, -0.05) is 0 Å². The van der Waals surface area contributed by atoms with E-state index in [1.165, 1.54) is 0 Å². The predicted octanol–water partition coefficient (Wildman–Crippen LogP) is 0.690. The van der Waals surface area contributed by atoms with E-state index in [-0.39, 0.29) is 12.4 Å². The molecule has 2 heterocycles. The molecule has 4 nitrogen and oxygen atoms in total. The van der Waals surface area contributed by atoms with Gasteiger partial charge in [-0.25, -0.2) is 0 Å². The number of furan rings is 1. The van der Waals surface area contributed by atoms with E-state index in [4.69, 9.17) is 14.3 Å². The Morgan fingerprint density at radius 1 is 1.50 bits per heavy atom. The Hall–Kier alpha value is -1.29. The summed E-state index contributed by atoms with van der Waals surface area (Å²) in [6.45, 7) is -0.226. The molecule has 1 aliphatic rings. The molecule has 1 aromatic rings. The molecule has 0 aliphatic carbocycles. The summed E-state index contributed by atoms with van der Waals surface area (Å²) < 4.78 is 9.64. The molecule has 1 N–H and O–H groups in total. The Morgan fingerprint density at radius 2 is 2.30 bits per heavy atom. The van der Waals surface area contributed by atoms with Crippen molar-refractivity contribution in [2.24, 2.45) is 0 Å². The zero-order valence-corrected chi connectivity index (χ0v) is 4.96. The van der Waals surface area contributed by atoms with Crippen molar-refractivity contribution in [1.29, 1.82) is 0 Å². The van der Waals surface area contributed by atoms with E-state index in [0.29, 0.717) is 23.5 Å². The second-order valence-electron chi connectivity index (χ2n) is 1.93. The van der Waals surface area contributed by atoms with Crippen molar-refractivity contribution in [1.82, 2.24) is 0 Å². The molecule has 0 bridgehead atoms. The van der Waals surface area contributed by atoms with Crippen molar-refractivity contribution in [2.45, 2.75) is 6.61 Å². The van der Waals surface area contributed by atoms with Crippen LogP contribution in [0.4, 0.5) is 0 Å². The van der Waals surface area contributed by atoms with Gasteiger partial charge in [0.05, 0.1) is 0 Å². The van der Waals surface area contributed by atoms with E-state index in [9.17, 15) is 4.79 Å². The van der Waals surface area contributed by atoms with Crippen LogP contribution >= 0.6 is 0 Å². The average molecular weight is 140 g/mol. The number of ether oxygens (including phenoxy) is 1. The van der Waals surface area contributed by atoms with Crippen LogP contribution in [0.15, 0.2) is 4.42 Å². The van der Waals surface area contributed by atoms with Crippen molar-refractivity contribution < 1.29 is 19.1 Å². The fourth-order valence-corrected chi connectivity index (χ4v) is 0.829. The maximum absolute atomic E-state index is 10.1. The quantitative estimate of drug-likeness (QED) is 0.492. The second-order valence-corrected chi connectivity index (χ2v) is 1.93. The van der Waals surface area contributed by atoms with Gasteiger partial charge < -0.3 is 14.3 Å². The summed E-state index contributed by atoms with van der Waals surface area (Å²) >= 11 is 0. The predicted molar refractivity (Wildman–Crippen MR) is 30.1 cm³/mol. The number of fused-ring (bicyclic) bond motifs is 1. The van der Waals surface area contributed by atoms with Gasteiger partial charge in [0.1, 0.15) is 6.61 Å². The Labute approximate surface area is 56.0 Å². The fourth-order valence-electron chi connectivity index (χ4n) is 0.829. The number of carbonyl (C=O) groups excluding carboxylic acids is 1. The third-order valence-corrected chi connectivity index (χ3v) is 1.33. The molecule has 0 radical (unpaired) electrons. The van der Waals surface area contributed by atoms with Crippen LogP contribution < -0.4 is 4.74 Å². The van der Waals surface area contributed by atoms with Crippen molar-refractivity contribution >= 4 is 6.29 Å². The second kappa shape index (κ2) is 1.60. The molecule has 0 atom stereocenters. The summed E-state index contributed by atoms with van der Waals surface area (Å²) in [5.74, 6) is 1.49. The Bertz CT molecular complexity index is 286. The van der Waals surface area contributed by atoms with E-state index >= 15 is 0 Å². The molecule has 0 spiro atoms.